The van der Waals surface area contributed by atoms with Crippen LogP contribution in [0.5, 0.6) is 0 Å². The zero-order valence-electron chi connectivity index (χ0n) is 16.6. The number of imidazole rings is 1. The first-order valence-electron chi connectivity index (χ1n) is 10.3. The van der Waals surface area contributed by atoms with E-state index in [1.807, 2.05) is 76.3 Å². The Bertz CT molecular complexity index is 1150. The Morgan fingerprint density at radius 2 is 1.93 bits per heavy atom. The summed E-state index contributed by atoms with van der Waals surface area (Å²) in [7, 11) is 0. The Morgan fingerprint density at radius 3 is 2.70 bits per heavy atom. The number of hydrogen-bond donors (Lipinski definition) is 1. The van der Waals surface area contributed by atoms with Gasteiger partial charge in [0, 0.05) is 35.6 Å². The molecule has 0 radical (unpaired) electrons. The molecule has 2 aromatic carbocycles. The highest BCUT2D eigenvalue weighted by Crippen LogP contribution is 2.25. The minimum absolute atomic E-state index is 0.0244. The first-order chi connectivity index (χ1) is 14.8. The highest BCUT2D eigenvalue weighted by Gasteiger charge is 2.28. The zero-order chi connectivity index (χ0) is 20.3. The zero-order valence-corrected chi connectivity index (χ0v) is 16.6. The number of para-hydroxylation sites is 1. The van der Waals surface area contributed by atoms with Crippen molar-refractivity contribution in [3.05, 3.63) is 84.9 Å². The van der Waals surface area contributed by atoms with E-state index in [4.69, 9.17) is 4.98 Å². The molecule has 4 aromatic rings. The van der Waals surface area contributed by atoms with Crippen molar-refractivity contribution in [2.75, 3.05) is 18.0 Å². The van der Waals surface area contributed by atoms with E-state index >= 15 is 0 Å². The van der Waals surface area contributed by atoms with Crippen LogP contribution in [0.4, 0.5) is 5.82 Å². The van der Waals surface area contributed by atoms with Gasteiger partial charge in [0.1, 0.15) is 5.82 Å². The van der Waals surface area contributed by atoms with E-state index in [0.29, 0.717) is 11.4 Å². The van der Waals surface area contributed by atoms with Gasteiger partial charge in [0.2, 0.25) is 0 Å². The molecule has 3 heterocycles. The monoisotopic (exact) mass is 397 g/mol. The molecule has 1 aliphatic rings. The number of benzene rings is 2. The van der Waals surface area contributed by atoms with Crippen molar-refractivity contribution in [1.82, 2.24) is 19.9 Å². The quantitative estimate of drug-likeness (QED) is 0.569. The number of rotatable bonds is 4. The smallest absolute Gasteiger partial charge is 0.259 e. The van der Waals surface area contributed by atoms with Gasteiger partial charge in [0.05, 0.1) is 17.9 Å². The number of nitrogens with zero attached hydrogens (tertiary/aromatic N) is 4. The summed E-state index contributed by atoms with van der Waals surface area (Å²) in [4.78, 5) is 24.4. The lowest BCUT2D eigenvalue weighted by molar-refractivity contribution is 0.0971. The van der Waals surface area contributed by atoms with Crippen LogP contribution in [0.1, 0.15) is 23.2 Å². The van der Waals surface area contributed by atoms with Crippen LogP contribution >= 0.6 is 0 Å². The Kier molecular flexibility index (Phi) is 4.99. The van der Waals surface area contributed by atoms with Crippen molar-refractivity contribution >= 4 is 22.6 Å². The maximum absolute atomic E-state index is 13.6. The number of aromatic nitrogens is 3. The number of nitrogens with one attached hydrogen (secondary N) is 1. The molecule has 5 rings (SSSR count). The van der Waals surface area contributed by atoms with Crippen LogP contribution in [-0.4, -0.2) is 39.6 Å². The highest BCUT2D eigenvalue weighted by atomic mass is 16.2. The maximum Gasteiger partial charge on any atom is 0.259 e. The number of carbonyl (C=O) groups excluding carboxylic acids is 1. The Morgan fingerprint density at radius 1 is 1.07 bits per heavy atom. The second-order valence-electron chi connectivity index (χ2n) is 7.55. The molecule has 6 heteroatoms. The summed E-state index contributed by atoms with van der Waals surface area (Å²) in [6.45, 7) is 1.76. The summed E-state index contributed by atoms with van der Waals surface area (Å²) in [5.41, 5.74) is 2.52. The van der Waals surface area contributed by atoms with E-state index in [1.54, 1.807) is 12.5 Å². The molecular weight excluding hydrogens is 374 g/mol. The van der Waals surface area contributed by atoms with Gasteiger partial charge >= 0.3 is 0 Å². The average molecular weight is 397 g/mol. The Balaban J connectivity index is 1.51. The maximum atomic E-state index is 13.6. The van der Waals surface area contributed by atoms with Gasteiger partial charge in [0.25, 0.3) is 5.91 Å². The van der Waals surface area contributed by atoms with Crippen molar-refractivity contribution in [3.8, 4) is 5.69 Å². The largest absolute Gasteiger partial charge is 0.315 e. The molecule has 1 aliphatic heterocycles. The molecule has 1 amide bonds. The van der Waals surface area contributed by atoms with Crippen molar-refractivity contribution in [2.45, 2.75) is 18.9 Å². The first-order valence-corrected chi connectivity index (χ1v) is 10.3. The molecule has 0 bridgehead atoms. The van der Waals surface area contributed by atoms with Crippen LogP contribution in [0, 0.1) is 0 Å². The molecule has 150 valence electrons. The third-order valence-corrected chi connectivity index (χ3v) is 5.60. The van der Waals surface area contributed by atoms with Crippen molar-refractivity contribution < 1.29 is 4.79 Å². The van der Waals surface area contributed by atoms with Gasteiger partial charge in [-0.3, -0.25) is 9.69 Å². The van der Waals surface area contributed by atoms with Crippen molar-refractivity contribution in [3.63, 3.8) is 0 Å². The Hall–Kier alpha value is -3.51. The number of piperidine rings is 1. The molecule has 1 fully saturated rings. The molecule has 0 unspecified atom stereocenters. The van der Waals surface area contributed by atoms with Gasteiger partial charge in [-0.25, -0.2) is 9.97 Å². The third kappa shape index (κ3) is 3.57. The summed E-state index contributed by atoms with van der Waals surface area (Å²) in [5.74, 6) is 0.676. The molecule has 0 spiro atoms. The van der Waals surface area contributed by atoms with E-state index < -0.39 is 0 Å². The molecule has 1 N–H and O–H groups in total. The van der Waals surface area contributed by atoms with Crippen LogP contribution in [0.3, 0.4) is 0 Å². The van der Waals surface area contributed by atoms with Gasteiger partial charge in [0.15, 0.2) is 0 Å². The predicted octanol–water partition coefficient (Wildman–Crippen LogP) is 3.82. The fourth-order valence-corrected chi connectivity index (χ4v) is 4.03. The van der Waals surface area contributed by atoms with Crippen LogP contribution in [0.2, 0.25) is 0 Å². The molecule has 0 aliphatic carbocycles. The summed E-state index contributed by atoms with van der Waals surface area (Å²) in [5, 5.41) is 4.49. The number of pyridine rings is 1. The summed E-state index contributed by atoms with van der Waals surface area (Å²) in [6, 6.07) is 19.7. The van der Waals surface area contributed by atoms with Crippen LogP contribution in [0.25, 0.3) is 16.6 Å². The average Bonchev–Trinajstić information content (AvgIpc) is 3.35. The third-order valence-electron chi connectivity index (χ3n) is 5.60. The standard InChI is InChI=1S/C24H23N5O/c30-24(19-7-10-20(11-8-19)28-15-14-26-17-28)29(21-5-3-13-25-16-21)23-12-9-18-4-1-2-6-22(18)27-23/h1-2,4,6-12,14-15,17,21,25H,3,5,13,16H2/t21-/m1/s1. The van der Waals surface area contributed by atoms with E-state index in [1.165, 1.54) is 0 Å². The van der Waals surface area contributed by atoms with E-state index in [9.17, 15) is 4.79 Å². The van der Waals surface area contributed by atoms with Crippen LogP contribution in [0.15, 0.2) is 79.4 Å². The second-order valence-corrected chi connectivity index (χ2v) is 7.55. The van der Waals surface area contributed by atoms with E-state index in [-0.39, 0.29) is 11.9 Å². The summed E-state index contributed by atoms with van der Waals surface area (Å²) >= 11 is 0. The molecular formula is C24H23N5O. The molecule has 1 saturated heterocycles. The first kappa shape index (κ1) is 18.5. The normalized spacial score (nSPS) is 16.5. The minimum Gasteiger partial charge on any atom is -0.315 e. The Labute approximate surface area is 175 Å². The van der Waals surface area contributed by atoms with Gasteiger partial charge in [-0.05, 0) is 61.9 Å². The fraction of sp³-hybridized carbons (Fsp3) is 0.208. The van der Waals surface area contributed by atoms with Crippen LogP contribution in [-0.2, 0) is 0 Å². The molecule has 6 nitrogen and oxygen atoms in total. The van der Waals surface area contributed by atoms with Crippen molar-refractivity contribution in [1.29, 1.82) is 0 Å². The van der Waals surface area contributed by atoms with Crippen LogP contribution < -0.4 is 10.2 Å². The highest BCUT2D eigenvalue weighted by molar-refractivity contribution is 6.06. The lowest BCUT2D eigenvalue weighted by atomic mass is 10.0. The molecule has 2 aromatic heterocycles. The topological polar surface area (TPSA) is 63.1 Å². The molecule has 1 atom stereocenters. The van der Waals surface area contributed by atoms with Gasteiger partial charge in [-0.2, -0.15) is 0 Å². The summed E-state index contributed by atoms with van der Waals surface area (Å²) in [6.07, 6.45) is 7.37. The molecule has 30 heavy (non-hydrogen) atoms. The lowest BCUT2D eigenvalue weighted by Crippen LogP contribution is -2.49. The van der Waals surface area contributed by atoms with E-state index in [2.05, 4.69) is 10.3 Å². The van der Waals surface area contributed by atoms with E-state index in [0.717, 1.165) is 42.5 Å². The summed E-state index contributed by atoms with van der Waals surface area (Å²) < 4.78 is 1.92. The lowest BCUT2D eigenvalue weighted by Gasteiger charge is -2.34. The fourth-order valence-electron chi connectivity index (χ4n) is 4.03. The number of anilines is 1. The van der Waals surface area contributed by atoms with Gasteiger partial charge in [-0.15, -0.1) is 0 Å². The minimum atomic E-state index is -0.0244. The van der Waals surface area contributed by atoms with Gasteiger partial charge < -0.3 is 9.88 Å². The van der Waals surface area contributed by atoms with Crippen molar-refractivity contribution in [2.24, 2.45) is 0 Å². The SMILES string of the molecule is O=C(c1ccc(-n2ccnc2)cc1)N(c1ccc2ccccc2n1)[C@@H]1CCCNC1. The number of fused-ring (bicyclic) bond motifs is 1. The predicted molar refractivity (Wildman–Crippen MR) is 118 cm³/mol. The number of hydrogen-bond acceptors (Lipinski definition) is 4. The van der Waals surface area contributed by atoms with Gasteiger partial charge in [-0.1, -0.05) is 18.2 Å². The molecule has 0 saturated carbocycles. The second kappa shape index (κ2) is 8.08. The number of amides is 1. The number of carbonyl (C=O) groups is 1.